The molecule has 0 amide bonds. The van der Waals surface area contributed by atoms with Gasteiger partial charge in [-0.3, -0.25) is 0 Å². The van der Waals surface area contributed by atoms with E-state index in [2.05, 4.69) is 27.7 Å². The Hall–Kier alpha value is -0.0400. The van der Waals surface area contributed by atoms with Crippen LogP contribution >= 0.6 is 0 Å². The summed E-state index contributed by atoms with van der Waals surface area (Å²) >= 11 is 0. The Morgan fingerprint density at radius 3 is 1.45 bits per heavy atom. The third-order valence-corrected chi connectivity index (χ3v) is 2.36. The van der Waals surface area contributed by atoms with Crippen molar-refractivity contribution < 1.29 is 0 Å². The molecule has 0 aliphatic heterocycles. The lowest BCUT2D eigenvalue weighted by molar-refractivity contribution is 0.457. The van der Waals surface area contributed by atoms with Gasteiger partial charge >= 0.3 is 0 Å². The third-order valence-electron chi connectivity index (χ3n) is 2.36. The van der Waals surface area contributed by atoms with Crippen LogP contribution in [0, 0.1) is 17.8 Å². The summed E-state index contributed by atoms with van der Waals surface area (Å²) < 4.78 is 0. The van der Waals surface area contributed by atoms with Crippen molar-refractivity contribution in [3.8, 4) is 0 Å². The van der Waals surface area contributed by atoms with Gasteiger partial charge in [0.1, 0.15) is 0 Å². The fourth-order valence-electron chi connectivity index (χ4n) is 0.354. The molecule has 0 bridgehead atoms. The van der Waals surface area contributed by atoms with Crippen molar-refractivity contribution in [3.63, 3.8) is 0 Å². The molecule has 1 heteroatoms. The second kappa shape index (κ2) is 5.59. The van der Waals surface area contributed by atoms with Gasteiger partial charge < -0.3 is 5.73 Å². The molecular weight excluding hydrogens is 134 g/mol. The minimum Gasteiger partial charge on any atom is -0.330 e. The molecule has 0 aromatic carbocycles. The van der Waals surface area contributed by atoms with Crippen LogP contribution in [0.1, 0.15) is 40.5 Å². The molecule has 0 spiro atoms. The summed E-state index contributed by atoms with van der Waals surface area (Å²) in [6.07, 6.45) is 2.77. The van der Waals surface area contributed by atoms with Crippen LogP contribution in [0.3, 0.4) is 0 Å². The van der Waals surface area contributed by atoms with Crippen LogP contribution in [0.25, 0.3) is 0 Å². The molecule has 1 nitrogen and oxygen atoms in total. The van der Waals surface area contributed by atoms with Crippen LogP contribution in [-0.2, 0) is 0 Å². The van der Waals surface area contributed by atoms with Crippen molar-refractivity contribution in [2.24, 2.45) is 23.5 Å². The molecule has 0 aromatic rings. The van der Waals surface area contributed by atoms with E-state index in [0.29, 0.717) is 0 Å². The summed E-state index contributed by atoms with van der Waals surface area (Å²) in [5.74, 6) is 2.62. The maximum absolute atomic E-state index is 5.23. The molecule has 68 valence electrons. The lowest BCUT2D eigenvalue weighted by Crippen LogP contribution is -1.98. The van der Waals surface area contributed by atoms with Gasteiger partial charge in [0, 0.05) is 0 Å². The highest BCUT2D eigenvalue weighted by molar-refractivity contribution is 4.72. The van der Waals surface area contributed by atoms with Crippen LogP contribution in [0.2, 0.25) is 0 Å². The summed E-state index contributed by atoms with van der Waals surface area (Å²) in [7, 11) is 0. The molecule has 0 saturated heterocycles. The predicted octanol–water partition coefficient (Wildman–Crippen LogP) is 2.65. The molecule has 2 N–H and O–H groups in total. The first-order chi connectivity index (χ1) is 5.07. The Kier molecular flexibility index (Phi) is 5.57. The highest BCUT2D eigenvalue weighted by Crippen LogP contribution is 2.26. The summed E-state index contributed by atoms with van der Waals surface area (Å²) in [5.41, 5.74) is 5.23. The summed E-state index contributed by atoms with van der Waals surface area (Å²) in [5, 5.41) is 0. The van der Waals surface area contributed by atoms with Crippen LogP contribution in [0.4, 0.5) is 0 Å². The molecule has 0 atom stereocenters. The normalized spacial score (nSPS) is 16.6. The van der Waals surface area contributed by atoms with E-state index in [1.807, 2.05) is 0 Å². The van der Waals surface area contributed by atoms with E-state index in [0.717, 1.165) is 24.3 Å². The van der Waals surface area contributed by atoms with Gasteiger partial charge in [0.15, 0.2) is 0 Å². The molecule has 0 heterocycles. The van der Waals surface area contributed by atoms with Gasteiger partial charge in [-0.1, -0.05) is 27.7 Å². The molecular formula is C10H23N. The van der Waals surface area contributed by atoms with E-state index in [4.69, 9.17) is 5.73 Å². The zero-order valence-corrected chi connectivity index (χ0v) is 8.43. The van der Waals surface area contributed by atoms with E-state index >= 15 is 0 Å². The van der Waals surface area contributed by atoms with Crippen molar-refractivity contribution in [2.75, 3.05) is 6.54 Å². The molecule has 1 aliphatic carbocycles. The van der Waals surface area contributed by atoms with Gasteiger partial charge in [-0.15, -0.1) is 0 Å². The van der Waals surface area contributed by atoms with Crippen LogP contribution in [0.15, 0.2) is 0 Å². The topological polar surface area (TPSA) is 26.0 Å². The largest absolute Gasteiger partial charge is 0.330 e. The van der Waals surface area contributed by atoms with E-state index in [1.54, 1.807) is 0 Å². The number of rotatable bonds is 2. The summed E-state index contributed by atoms with van der Waals surface area (Å²) in [6, 6.07) is 0. The monoisotopic (exact) mass is 157 g/mol. The minimum atomic E-state index is 0.852. The average Bonchev–Trinajstić information content (AvgIpc) is 2.70. The van der Waals surface area contributed by atoms with E-state index < -0.39 is 0 Å². The van der Waals surface area contributed by atoms with E-state index in [-0.39, 0.29) is 0 Å². The van der Waals surface area contributed by atoms with Gasteiger partial charge in [0.05, 0.1) is 0 Å². The van der Waals surface area contributed by atoms with Crippen LogP contribution in [-0.4, -0.2) is 6.54 Å². The van der Waals surface area contributed by atoms with Crippen LogP contribution in [0.5, 0.6) is 0 Å². The highest BCUT2D eigenvalue weighted by Gasteiger charge is 2.17. The maximum Gasteiger partial charge on any atom is -0.00489 e. The lowest BCUT2D eigenvalue weighted by atomic mass is 10.0. The number of nitrogens with two attached hydrogens (primary N) is 1. The van der Waals surface area contributed by atoms with Gasteiger partial charge in [0.25, 0.3) is 0 Å². The minimum absolute atomic E-state index is 0.852. The van der Waals surface area contributed by atoms with Gasteiger partial charge in [-0.05, 0) is 37.1 Å². The second-order valence-corrected chi connectivity index (χ2v) is 4.17. The summed E-state index contributed by atoms with van der Waals surface area (Å²) in [6.45, 7) is 9.88. The quantitative estimate of drug-likeness (QED) is 0.655. The standard InChI is InChI=1S/C6H14.C4H9N/c1-5(2)6(3)4;5-3-4-1-2-4/h5-6H,1-4H3;4H,1-3,5H2. The number of hydrogen-bond acceptors (Lipinski definition) is 1. The second-order valence-electron chi connectivity index (χ2n) is 4.17. The molecule has 1 fully saturated rings. The van der Waals surface area contributed by atoms with Crippen molar-refractivity contribution in [2.45, 2.75) is 40.5 Å². The van der Waals surface area contributed by atoms with Gasteiger partial charge in [-0.25, -0.2) is 0 Å². The first-order valence-corrected chi connectivity index (χ1v) is 4.78. The van der Waals surface area contributed by atoms with Crippen molar-refractivity contribution >= 4 is 0 Å². The van der Waals surface area contributed by atoms with Gasteiger partial charge in [-0.2, -0.15) is 0 Å². The van der Waals surface area contributed by atoms with Crippen molar-refractivity contribution in [1.29, 1.82) is 0 Å². The zero-order valence-electron chi connectivity index (χ0n) is 8.43. The first kappa shape index (κ1) is 11.0. The van der Waals surface area contributed by atoms with Crippen molar-refractivity contribution in [3.05, 3.63) is 0 Å². The Labute approximate surface area is 71.4 Å². The molecule has 11 heavy (non-hydrogen) atoms. The average molecular weight is 157 g/mol. The molecule has 1 aliphatic rings. The molecule has 0 radical (unpaired) electrons. The maximum atomic E-state index is 5.23. The lowest BCUT2D eigenvalue weighted by Gasteiger charge is -2.05. The van der Waals surface area contributed by atoms with Crippen molar-refractivity contribution in [1.82, 2.24) is 0 Å². The smallest absolute Gasteiger partial charge is 0.00489 e. The Balaban J connectivity index is 0.000000183. The SMILES string of the molecule is CC(C)C(C)C.NCC1CC1. The Bertz CT molecular complexity index is 76.9. The van der Waals surface area contributed by atoms with Crippen LogP contribution < -0.4 is 5.73 Å². The zero-order chi connectivity index (χ0) is 8.85. The fourth-order valence-corrected chi connectivity index (χ4v) is 0.354. The Morgan fingerprint density at radius 2 is 1.45 bits per heavy atom. The van der Waals surface area contributed by atoms with E-state index in [1.165, 1.54) is 12.8 Å². The molecule has 1 rings (SSSR count). The number of hydrogen-bond donors (Lipinski definition) is 1. The first-order valence-electron chi connectivity index (χ1n) is 4.78. The highest BCUT2D eigenvalue weighted by atomic mass is 14.6. The Morgan fingerprint density at radius 1 is 1.09 bits per heavy atom. The van der Waals surface area contributed by atoms with E-state index in [9.17, 15) is 0 Å². The summed E-state index contributed by atoms with van der Waals surface area (Å²) in [4.78, 5) is 0. The van der Waals surface area contributed by atoms with Gasteiger partial charge in [0.2, 0.25) is 0 Å². The molecule has 1 saturated carbocycles. The molecule has 0 unspecified atom stereocenters. The fraction of sp³-hybridized carbons (Fsp3) is 1.00. The predicted molar refractivity (Wildman–Crippen MR) is 51.5 cm³/mol. The molecule has 0 aromatic heterocycles. The third kappa shape index (κ3) is 7.86.